The summed E-state index contributed by atoms with van der Waals surface area (Å²) in [6.45, 7) is 3.10. The molecule has 2 aliphatic carbocycles. The third-order valence-electron chi connectivity index (χ3n) is 6.94. The molecule has 180 valence electrons. The maximum atomic E-state index is 13.1. The normalized spacial score (nSPS) is 23.9. The molecule has 3 rings (SSSR count). The van der Waals surface area contributed by atoms with Crippen LogP contribution in [-0.2, 0) is 20.8 Å². The molecule has 32 heavy (non-hydrogen) atoms. The van der Waals surface area contributed by atoms with Gasteiger partial charge in [0.05, 0.1) is 15.2 Å². The molecular weight excluding hydrogens is 441 g/mol. The van der Waals surface area contributed by atoms with E-state index in [1.807, 2.05) is 0 Å². The zero-order valence-electron chi connectivity index (χ0n) is 18.7. The highest BCUT2D eigenvalue weighted by Gasteiger charge is 2.43. The van der Waals surface area contributed by atoms with Gasteiger partial charge in [-0.1, -0.05) is 25.3 Å². The lowest BCUT2D eigenvalue weighted by molar-refractivity contribution is -0.137. The maximum Gasteiger partial charge on any atom is 0.416 e. The molecule has 5 nitrogen and oxygen atoms in total. The fourth-order valence-corrected chi connectivity index (χ4v) is 6.65. The zero-order valence-corrected chi connectivity index (χ0v) is 19.5. The molecule has 0 atom stereocenters. The van der Waals surface area contributed by atoms with Crippen molar-refractivity contribution < 1.29 is 26.4 Å². The van der Waals surface area contributed by atoms with Crippen molar-refractivity contribution >= 4 is 15.7 Å². The molecule has 0 aromatic heterocycles. The summed E-state index contributed by atoms with van der Waals surface area (Å²) in [7, 11) is -3.96. The molecule has 1 aromatic rings. The van der Waals surface area contributed by atoms with E-state index in [-0.39, 0.29) is 22.8 Å². The first-order chi connectivity index (χ1) is 14.7. The van der Waals surface area contributed by atoms with Crippen molar-refractivity contribution in [2.24, 2.45) is 11.7 Å². The summed E-state index contributed by atoms with van der Waals surface area (Å²) in [5.41, 5.74) is 4.95. The molecule has 9 heteroatoms. The Morgan fingerprint density at radius 2 is 1.78 bits per heavy atom. The molecule has 1 amide bonds. The third kappa shape index (κ3) is 5.65. The van der Waals surface area contributed by atoms with Crippen LogP contribution < -0.4 is 11.1 Å². The molecule has 0 saturated heterocycles. The van der Waals surface area contributed by atoms with E-state index in [0.29, 0.717) is 31.7 Å². The number of rotatable bonds is 7. The van der Waals surface area contributed by atoms with E-state index in [4.69, 9.17) is 5.73 Å². The van der Waals surface area contributed by atoms with Crippen LogP contribution in [-0.4, -0.2) is 30.7 Å². The predicted molar refractivity (Wildman–Crippen MR) is 117 cm³/mol. The van der Waals surface area contributed by atoms with Crippen molar-refractivity contribution in [1.82, 2.24) is 5.32 Å². The molecular formula is C23H33F3N2O3S. The summed E-state index contributed by atoms with van der Waals surface area (Å²) in [6, 6.07) is 3.90. The fourth-order valence-electron chi connectivity index (χ4n) is 5.01. The average Bonchev–Trinajstić information content (AvgIpc) is 2.65. The summed E-state index contributed by atoms with van der Waals surface area (Å²) in [6.07, 6.45) is 2.30. The van der Waals surface area contributed by atoms with E-state index in [1.165, 1.54) is 6.07 Å². The highest BCUT2D eigenvalue weighted by Crippen LogP contribution is 2.40. The molecule has 2 fully saturated rings. The number of carbonyl (C=O) groups is 1. The van der Waals surface area contributed by atoms with Gasteiger partial charge in [-0.2, -0.15) is 13.2 Å². The molecule has 2 saturated carbocycles. The Morgan fingerprint density at radius 1 is 1.16 bits per heavy atom. The van der Waals surface area contributed by atoms with Crippen molar-refractivity contribution in [3.63, 3.8) is 0 Å². The SMILES string of the molecule is CC(C)(C[C@H]1C[C@H](NC(=O)CC2(N)CCCCC2)C1)S(=O)(=O)c1cccc(C(F)(F)F)c1. The number of hydrogen-bond donors (Lipinski definition) is 2. The number of nitrogens with two attached hydrogens (primary N) is 1. The second-order valence-corrected chi connectivity index (χ2v) is 12.8. The number of alkyl halides is 3. The Bertz CT molecular complexity index is 932. The zero-order chi connectivity index (χ0) is 23.8. The van der Waals surface area contributed by atoms with Crippen LogP contribution in [0.15, 0.2) is 29.2 Å². The second-order valence-electron chi connectivity index (χ2n) is 10.2. The average molecular weight is 475 g/mol. The van der Waals surface area contributed by atoms with Gasteiger partial charge in [0, 0.05) is 18.0 Å². The highest BCUT2D eigenvalue weighted by atomic mass is 32.2. The van der Waals surface area contributed by atoms with E-state index in [1.54, 1.807) is 13.8 Å². The minimum absolute atomic E-state index is 0.00764. The van der Waals surface area contributed by atoms with Crippen LogP contribution >= 0.6 is 0 Å². The number of nitrogens with one attached hydrogen (secondary N) is 1. The Morgan fingerprint density at radius 3 is 2.38 bits per heavy atom. The van der Waals surface area contributed by atoms with Gasteiger partial charge in [0.1, 0.15) is 0 Å². The lowest BCUT2D eigenvalue weighted by atomic mass is 9.75. The Labute approximate surface area is 188 Å². The summed E-state index contributed by atoms with van der Waals surface area (Å²) in [5.74, 6) is 0.0195. The van der Waals surface area contributed by atoms with Crippen molar-refractivity contribution in [2.45, 2.75) is 99.0 Å². The number of halogens is 3. The monoisotopic (exact) mass is 474 g/mol. The molecule has 1 aromatic carbocycles. The summed E-state index contributed by atoms with van der Waals surface area (Å²) < 4.78 is 64.0. The highest BCUT2D eigenvalue weighted by molar-refractivity contribution is 7.92. The van der Waals surface area contributed by atoms with Gasteiger partial charge in [-0.3, -0.25) is 4.79 Å². The lowest BCUT2D eigenvalue weighted by Gasteiger charge is -2.41. The summed E-state index contributed by atoms with van der Waals surface area (Å²) >= 11 is 0. The van der Waals surface area contributed by atoms with E-state index < -0.39 is 31.9 Å². The van der Waals surface area contributed by atoms with E-state index >= 15 is 0 Å². The lowest BCUT2D eigenvalue weighted by Crippen LogP contribution is -2.51. The molecule has 0 radical (unpaired) electrons. The Hall–Kier alpha value is -1.61. The number of sulfone groups is 1. The van der Waals surface area contributed by atoms with Gasteiger partial charge in [-0.15, -0.1) is 0 Å². The van der Waals surface area contributed by atoms with Crippen molar-refractivity contribution in [1.29, 1.82) is 0 Å². The van der Waals surface area contributed by atoms with Crippen LogP contribution in [0.5, 0.6) is 0 Å². The minimum Gasteiger partial charge on any atom is -0.353 e. The van der Waals surface area contributed by atoms with Gasteiger partial charge in [0.15, 0.2) is 9.84 Å². The Kier molecular flexibility index (Phi) is 7.01. The standard InChI is InChI=1S/C23H33F3N2O3S/c1-21(2,32(30,31)19-8-6-7-17(13-19)23(24,25)26)14-16-11-18(12-16)28-20(29)15-22(27)9-4-3-5-10-22/h6-8,13,16,18H,3-5,9-12,14-15,27H2,1-2H3,(H,28,29)/t16-,18-. The van der Waals surface area contributed by atoms with Gasteiger partial charge in [-0.05, 0) is 70.1 Å². The summed E-state index contributed by atoms with van der Waals surface area (Å²) in [5, 5.41) is 3.01. The summed E-state index contributed by atoms with van der Waals surface area (Å²) in [4.78, 5) is 12.1. The fraction of sp³-hybridized carbons (Fsp3) is 0.696. The van der Waals surface area contributed by atoms with Gasteiger partial charge in [0.25, 0.3) is 0 Å². The first-order valence-electron chi connectivity index (χ1n) is 11.2. The first kappa shape index (κ1) is 25.0. The van der Waals surface area contributed by atoms with Crippen molar-refractivity contribution in [2.75, 3.05) is 0 Å². The van der Waals surface area contributed by atoms with Gasteiger partial charge in [-0.25, -0.2) is 8.42 Å². The molecule has 2 aliphatic rings. The molecule has 3 N–H and O–H groups in total. The van der Waals surface area contributed by atoms with Gasteiger partial charge < -0.3 is 11.1 Å². The van der Waals surface area contributed by atoms with E-state index in [9.17, 15) is 26.4 Å². The third-order valence-corrected chi connectivity index (χ3v) is 9.44. The van der Waals surface area contributed by atoms with Crippen LogP contribution in [0.3, 0.4) is 0 Å². The number of amides is 1. The van der Waals surface area contributed by atoms with Gasteiger partial charge >= 0.3 is 6.18 Å². The number of benzene rings is 1. The quantitative estimate of drug-likeness (QED) is 0.605. The smallest absolute Gasteiger partial charge is 0.353 e. The molecule has 0 unspecified atom stereocenters. The van der Waals surface area contributed by atoms with Crippen LogP contribution in [0, 0.1) is 5.92 Å². The largest absolute Gasteiger partial charge is 0.416 e. The Balaban J connectivity index is 1.55. The topological polar surface area (TPSA) is 89.3 Å². The predicted octanol–water partition coefficient (Wildman–Crippen LogP) is 4.59. The van der Waals surface area contributed by atoms with E-state index in [2.05, 4.69) is 5.32 Å². The van der Waals surface area contributed by atoms with Crippen LogP contribution in [0.25, 0.3) is 0 Å². The maximum absolute atomic E-state index is 13.1. The van der Waals surface area contributed by atoms with Crippen LogP contribution in [0.4, 0.5) is 13.2 Å². The molecule has 0 heterocycles. The van der Waals surface area contributed by atoms with E-state index in [0.717, 1.165) is 44.2 Å². The van der Waals surface area contributed by atoms with Gasteiger partial charge in [0.2, 0.25) is 5.91 Å². The van der Waals surface area contributed by atoms with Crippen molar-refractivity contribution in [3.8, 4) is 0 Å². The molecule has 0 spiro atoms. The number of hydrogen-bond acceptors (Lipinski definition) is 4. The minimum atomic E-state index is -4.60. The molecule has 0 aliphatic heterocycles. The second kappa shape index (κ2) is 8.97. The molecule has 0 bridgehead atoms. The van der Waals surface area contributed by atoms with Crippen LogP contribution in [0.2, 0.25) is 0 Å². The number of carbonyl (C=O) groups excluding carboxylic acids is 1. The van der Waals surface area contributed by atoms with Crippen LogP contribution in [0.1, 0.15) is 77.2 Å². The first-order valence-corrected chi connectivity index (χ1v) is 12.7. The van der Waals surface area contributed by atoms with Crippen molar-refractivity contribution in [3.05, 3.63) is 29.8 Å².